The van der Waals surface area contributed by atoms with Crippen LogP contribution < -0.4 is 5.73 Å². The maximum absolute atomic E-state index is 12.1. The molecule has 1 aliphatic heterocycles. The van der Waals surface area contributed by atoms with Crippen LogP contribution in [0.4, 0.5) is 0 Å². The summed E-state index contributed by atoms with van der Waals surface area (Å²) >= 11 is 0. The van der Waals surface area contributed by atoms with Gasteiger partial charge >= 0.3 is 0 Å². The average molecular weight is 239 g/mol. The summed E-state index contributed by atoms with van der Waals surface area (Å²) in [6.07, 6.45) is -0.118. The first-order valence-electron chi connectivity index (χ1n) is 5.63. The number of aromatic nitrogens is 3. The fourth-order valence-corrected chi connectivity index (χ4v) is 1.76. The van der Waals surface area contributed by atoms with Gasteiger partial charge < -0.3 is 15.4 Å². The number of rotatable bonds is 2. The Balaban J connectivity index is 2.04. The van der Waals surface area contributed by atoms with E-state index in [0.717, 1.165) is 0 Å². The number of nitrogens with two attached hydrogens (primary N) is 1. The molecule has 1 saturated heterocycles. The van der Waals surface area contributed by atoms with E-state index in [-0.39, 0.29) is 23.9 Å². The second-order valence-corrected chi connectivity index (χ2v) is 4.26. The van der Waals surface area contributed by atoms with Crippen LogP contribution in [0.25, 0.3) is 0 Å². The van der Waals surface area contributed by atoms with Crippen molar-refractivity contribution in [1.82, 2.24) is 20.1 Å². The normalized spacial score (nSPS) is 22.5. The molecule has 3 N–H and O–H groups in total. The largest absolute Gasteiger partial charge is 0.373 e. The summed E-state index contributed by atoms with van der Waals surface area (Å²) < 4.78 is 5.49. The Morgan fingerprint density at radius 2 is 2.47 bits per heavy atom. The molecule has 7 heteroatoms. The molecule has 1 aromatic heterocycles. The van der Waals surface area contributed by atoms with E-state index >= 15 is 0 Å². The Labute approximate surface area is 99.3 Å². The number of hydrogen-bond donors (Lipinski definition) is 2. The minimum atomic E-state index is -0.177. The van der Waals surface area contributed by atoms with Crippen LogP contribution in [-0.2, 0) is 4.74 Å². The van der Waals surface area contributed by atoms with E-state index in [4.69, 9.17) is 10.5 Å². The van der Waals surface area contributed by atoms with Crippen molar-refractivity contribution in [3.63, 3.8) is 0 Å². The smallest absolute Gasteiger partial charge is 0.293 e. The Bertz CT molecular complexity index is 403. The van der Waals surface area contributed by atoms with E-state index in [1.54, 1.807) is 11.8 Å². The lowest BCUT2D eigenvalue weighted by Crippen LogP contribution is -2.51. The molecule has 2 unspecified atom stereocenters. The molecular formula is C10H17N5O2. The topological polar surface area (TPSA) is 97.1 Å². The molecule has 0 aromatic carbocycles. The molecule has 2 rings (SSSR count). The molecule has 94 valence electrons. The lowest BCUT2D eigenvalue weighted by atomic mass is 10.1. The van der Waals surface area contributed by atoms with Gasteiger partial charge in [-0.2, -0.15) is 0 Å². The number of carbonyl (C=O) groups is 1. The lowest BCUT2D eigenvalue weighted by Gasteiger charge is -2.34. The number of aryl methyl sites for hydroxylation is 1. The van der Waals surface area contributed by atoms with Gasteiger partial charge in [0, 0.05) is 19.1 Å². The summed E-state index contributed by atoms with van der Waals surface area (Å²) in [5, 5.41) is 6.52. The van der Waals surface area contributed by atoms with Gasteiger partial charge in [0.2, 0.25) is 5.82 Å². The van der Waals surface area contributed by atoms with Crippen LogP contribution in [0.15, 0.2) is 0 Å². The first-order valence-corrected chi connectivity index (χ1v) is 5.63. The zero-order chi connectivity index (χ0) is 12.4. The Kier molecular flexibility index (Phi) is 3.39. The number of amides is 1. The average Bonchev–Trinajstić information content (AvgIpc) is 2.75. The van der Waals surface area contributed by atoms with Crippen molar-refractivity contribution in [3.8, 4) is 0 Å². The molecule has 1 fully saturated rings. The van der Waals surface area contributed by atoms with Crippen molar-refractivity contribution in [1.29, 1.82) is 0 Å². The zero-order valence-electron chi connectivity index (χ0n) is 10.0. The van der Waals surface area contributed by atoms with E-state index < -0.39 is 0 Å². The highest BCUT2D eigenvalue weighted by molar-refractivity contribution is 5.90. The highest BCUT2D eigenvalue weighted by Crippen LogP contribution is 2.10. The second-order valence-electron chi connectivity index (χ2n) is 4.26. The zero-order valence-corrected chi connectivity index (χ0v) is 10.0. The fraction of sp³-hybridized carbons (Fsp3) is 0.700. The van der Waals surface area contributed by atoms with Crippen molar-refractivity contribution < 1.29 is 9.53 Å². The molecule has 7 nitrogen and oxygen atoms in total. The third-order valence-corrected chi connectivity index (χ3v) is 2.76. The molecule has 0 spiro atoms. The van der Waals surface area contributed by atoms with Crippen LogP contribution in [0.1, 0.15) is 23.4 Å². The monoisotopic (exact) mass is 239 g/mol. The van der Waals surface area contributed by atoms with Crippen LogP contribution in [0, 0.1) is 6.92 Å². The minimum absolute atomic E-state index is 0.0977. The molecule has 0 bridgehead atoms. The number of nitrogens with zero attached hydrogens (tertiary/aromatic N) is 3. The van der Waals surface area contributed by atoms with Gasteiger partial charge in [0.25, 0.3) is 5.91 Å². The van der Waals surface area contributed by atoms with Gasteiger partial charge in [0.05, 0.1) is 12.7 Å². The molecule has 2 heterocycles. The van der Waals surface area contributed by atoms with Crippen molar-refractivity contribution in [2.24, 2.45) is 5.73 Å². The highest BCUT2D eigenvalue weighted by atomic mass is 16.5. The van der Waals surface area contributed by atoms with E-state index in [1.807, 2.05) is 6.92 Å². The summed E-state index contributed by atoms with van der Waals surface area (Å²) in [6.45, 7) is 5.17. The molecule has 2 atom stereocenters. The minimum Gasteiger partial charge on any atom is -0.373 e. The summed E-state index contributed by atoms with van der Waals surface area (Å²) in [5.74, 6) is 0.654. The van der Waals surface area contributed by atoms with Crippen LogP contribution in [0.3, 0.4) is 0 Å². The van der Waals surface area contributed by atoms with Gasteiger partial charge in [-0.05, 0) is 13.8 Å². The molecule has 17 heavy (non-hydrogen) atoms. The van der Waals surface area contributed by atoms with Gasteiger partial charge in [0.15, 0.2) is 0 Å². The molecule has 1 aromatic rings. The Morgan fingerprint density at radius 1 is 1.71 bits per heavy atom. The third-order valence-electron chi connectivity index (χ3n) is 2.76. The van der Waals surface area contributed by atoms with Crippen molar-refractivity contribution >= 4 is 5.91 Å². The molecule has 0 saturated carbocycles. The number of nitrogens with one attached hydrogen (secondary N) is 1. The molecule has 1 aliphatic rings. The summed E-state index contributed by atoms with van der Waals surface area (Å²) in [5.41, 5.74) is 5.77. The summed E-state index contributed by atoms with van der Waals surface area (Å²) in [7, 11) is 0. The quantitative estimate of drug-likeness (QED) is 0.711. The van der Waals surface area contributed by atoms with E-state index in [1.165, 1.54) is 0 Å². The summed E-state index contributed by atoms with van der Waals surface area (Å²) in [4.78, 5) is 17.8. The number of aromatic amines is 1. The van der Waals surface area contributed by atoms with Crippen LogP contribution >= 0.6 is 0 Å². The third kappa shape index (κ3) is 2.62. The van der Waals surface area contributed by atoms with Crippen LogP contribution in [0.2, 0.25) is 0 Å². The van der Waals surface area contributed by atoms with E-state index in [9.17, 15) is 4.79 Å². The SMILES string of the molecule is Cc1nc(C(=O)N2CCOC(C(C)N)C2)n[nH]1. The fourth-order valence-electron chi connectivity index (χ4n) is 1.76. The Hall–Kier alpha value is -1.47. The molecule has 1 amide bonds. The van der Waals surface area contributed by atoms with Crippen LogP contribution in [-0.4, -0.2) is 57.8 Å². The van der Waals surface area contributed by atoms with Crippen molar-refractivity contribution in [3.05, 3.63) is 11.6 Å². The number of H-pyrrole nitrogens is 1. The standard InChI is InChI=1S/C10H17N5O2/c1-6(11)8-5-15(3-4-17-8)10(16)9-12-7(2)13-14-9/h6,8H,3-5,11H2,1-2H3,(H,12,13,14). The van der Waals surface area contributed by atoms with Crippen LogP contribution in [0.5, 0.6) is 0 Å². The number of hydrogen-bond acceptors (Lipinski definition) is 5. The molecule has 0 aliphatic carbocycles. The first-order chi connectivity index (χ1) is 8.08. The second kappa shape index (κ2) is 4.80. The lowest BCUT2D eigenvalue weighted by molar-refractivity contribution is -0.0303. The van der Waals surface area contributed by atoms with E-state index in [2.05, 4.69) is 15.2 Å². The van der Waals surface area contributed by atoms with Gasteiger partial charge in [-0.1, -0.05) is 0 Å². The molecular weight excluding hydrogens is 222 g/mol. The van der Waals surface area contributed by atoms with Gasteiger partial charge in [-0.3, -0.25) is 9.89 Å². The molecule has 0 radical (unpaired) electrons. The first kappa shape index (κ1) is 12.0. The summed E-state index contributed by atoms with van der Waals surface area (Å²) in [6, 6.07) is -0.0977. The van der Waals surface area contributed by atoms with Crippen molar-refractivity contribution in [2.75, 3.05) is 19.7 Å². The highest BCUT2D eigenvalue weighted by Gasteiger charge is 2.28. The Morgan fingerprint density at radius 3 is 3.06 bits per heavy atom. The van der Waals surface area contributed by atoms with Gasteiger partial charge in [0.1, 0.15) is 5.82 Å². The maximum Gasteiger partial charge on any atom is 0.293 e. The predicted molar refractivity (Wildman–Crippen MR) is 60.4 cm³/mol. The van der Waals surface area contributed by atoms with Gasteiger partial charge in [-0.25, -0.2) is 4.98 Å². The number of morpholine rings is 1. The predicted octanol–water partition coefficient (Wildman–Crippen LogP) is -0.699. The van der Waals surface area contributed by atoms with Crippen molar-refractivity contribution in [2.45, 2.75) is 26.0 Å². The number of ether oxygens (including phenoxy) is 1. The van der Waals surface area contributed by atoms with E-state index in [0.29, 0.717) is 25.5 Å². The number of carbonyl (C=O) groups excluding carboxylic acids is 1. The maximum atomic E-state index is 12.1. The van der Waals surface area contributed by atoms with Gasteiger partial charge in [-0.15, -0.1) is 5.10 Å².